The second-order valence-electron chi connectivity index (χ2n) is 7.77. The summed E-state index contributed by atoms with van der Waals surface area (Å²) in [6, 6.07) is 17.8. The van der Waals surface area contributed by atoms with Crippen LogP contribution in [-0.2, 0) is 6.54 Å². The monoisotopic (exact) mass is 446 g/mol. The molecule has 0 aliphatic carbocycles. The molecule has 33 heavy (non-hydrogen) atoms. The van der Waals surface area contributed by atoms with Gasteiger partial charge >= 0.3 is 5.97 Å². The Morgan fingerprint density at radius 1 is 1.00 bits per heavy atom. The summed E-state index contributed by atoms with van der Waals surface area (Å²) in [5.74, 6) is -1.10. The lowest BCUT2D eigenvalue weighted by Gasteiger charge is -2.36. The van der Waals surface area contributed by atoms with Gasteiger partial charge in [-0.3, -0.25) is 14.7 Å². The predicted molar refractivity (Wildman–Crippen MR) is 126 cm³/mol. The predicted octanol–water partition coefficient (Wildman–Crippen LogP) is 3.36. The van der Waals surface area contributed by atoms with Gasteiger partial charge in [-0.2, -0.15) is 0 Å². The normalized spacial score (nSPS) is 14.0. The number of amides is 1. The number of carbonyl (C=O) groups excluding carboxylic acids is 1. The van der Waals surface area contributed by atoms with E-state index in [0.29, 0.717) is 11.3 Å². The molecular formula is C25H26N4O4. The van der Waals surface area contributed by atoms with Crippen molar-refractivity contribution in [2.45, 2.75) is 6.54 Å². The first kappa shape index (κ1) is 22.3. The van der Waals surface area contributed by atoms with Crippen LogP contribution in [0.2, 0.25) is 0 Å². The van der Waals surface area contributed by atoms with Crippen molar-refractivity contribution in [3.63, 3.8) is 0 Å². The van der Waals surface area contributed by atoms with Gasteiger partial charge in [-0.15, -0.1) is 0 Å². The van der Waals surface area contributed by atoms with Crippen molar-refractivity contribution >= 4 is 23.3 Å². The summed E-state index contributed by atoms with van der Waals surface area (Å²) >= 11 is 0. The minimum atomic E-state index is -1.10. The highest BCUT2D eigenvalue weighted by atomic mass is 16.5. The Hall–Kier alpha value is -3.91. The smallest absolute Gasteiger partial charge is 0.337 e. The number of ether oxygens (including phenoxy) is 1. The summed E-state index contributed by atoms with van der Waals surface area (Å²) in [6.07, 6.45) is 1.80. The van der Waals surface area contributed by atoms with Crippen LogP contribution in [0.3, 0.4) is 0 Å². The number of aromatic carboxylic acids is 1. The van der Waals surface area contributed by atoms with E-state index in [4.69, 9.17) is 4.74 Å². The number of piperazine rings is 1. The quantitative estimate of drug-likeness (QED) is 0.575. The molecule has 4 rings (SSSR count). The Kier molecular flexibility index (Phi) is 6.85. The lowest BCUT2D eigenvalue weighted by molar-refractivity contribution is 0.0698. The van der Waals surface area contributed by atoms with Crippen molar-refractivity contribution in [1.82, 2.24) is 9.88 Å². The molecule has 3 aromatic rings. The van der Waals surface area contributed by atoms with Gasteiger partial charge in [0.15, 0.2) is 0 Å². The van der Waals surface area contributed by atoms with E-state index >= 15 is 0 Å². The highest BCUT2D eigenvalue weighted by Crippen LogP contribution is 2.26. The molecule has 0 saturated carbocycles. The van der Waals surface area contributed by atoms with Crippen LogP contribution in [0.15, 0.2) is 66.9 Å². The zero-order valence-corrected chi connectivity index (χ0v) is 18.4. The van der Waals surface area contributed by atoms with Gasteiger partial charge in [0.2, 0.25) is 0 Å². The molecule has 1 amide bonds. The van der Waals surface area contributed by atoms with Crippen molar-refractivity contribution in [2.24, 2.45) is 0 Å². The van der Waals surface area contributed by atoms with Gasteiger partial charge in [-0.25, -0.2) is 4.79 Å². The second-order valence-corrected chi connectivity index (χ2v) is 7.77. The van der Waals surface area contributed by atoms with E-state index < -0.39 is 11.9 Å². The van der Waals surface area contributed by atoms with E-state index in [9.17, 15) is 14.7 Å². The third-order valence-corrected chi connectivity index (χ3v) is 5.68. The first-order valence-electron chi connectivity index (χ1n) is 10.7. The molecule has 2 heterocycles. The lowest BCUT2D eigenvalue weighted by Crippen LogP contribution is -2.46. The molecule has 1 aliphatic heterocycles. The number of aromatic nitrogens is 1. The number of para-hydroxylation sites is 1. The summed E-state index contributed by atoms with van der Waals surface area (Å²) in [5.41, 5.74) is 2.49. The molecule has 0 unspecified atom stereocenters. The number of rotatable bonds is 7. The number of anilines is 2. The largest absolute Gasteiger partial charge is 0.496 e. The SMILES string of the molecule is COc1ccccc1C(=O)Nc1ccc(N2CCN(Cc3ccccn3)CC2)cc1C(=O)O. The molecule has 2 aromatic carbocycles. The number of nitrogens with zero attached hydrogens (tertiary/aromatic N) is 3. The van der Waals surface area contributed by atoms with Gasteiger partial charge in [0, 0.05) is 44.6 Å². The molecule has 1 saturated heterocycles. The fourth-order valence-electron chi connectivity index (χ4n) is 3.92. The van der Waals surface area contributed by atoms with Crippen molar-refractivity contribution < 1.29 is 19.4 Å². The molecule has 1 aromatic heterocycles. The van der Waals surface area contributed by atoms with Crippen molar-refractivity contribution in [2.75, 3.05) is 43.5 Å². The topological polar surface area (TPSA) is 95.0 Å². The molecule has 0 bridgehead atoms. The maximum Gasteiger partial charge on any atom is 0.337 e. The van der Waals surface area contributed by atoms with Crippen molar-refractivity contribution in [3.8, 4) is 5.75 Å². The third-order valence-electron chi connectivity index (χ3n) is 5.68. The standard InChI is InChI=1S/C25H26N4O4/c1-33-23-8-3-2-7-20(23)24(30)27-22-10-9-19(16-21(22)25(31)32)29-14-12-28(13-15-29)17-18-6-4-5-11-26-18/h2-11,16H,12-15,17H2,1H3,(H,27,30)(H,31,32). The molecule has 1 fully saturated rings. The van der Waals surface area contributed by atoms with Gasteiger partial charge in [0.05, 0.1) is 29.6 Å². The molecule has 8 nitrogen and oxygen atoms in total. The Labute approximate surface area is 192 Å². The fourth-order valence-corrected chi connectivity index (χ4v) is 3.92. The highest BCUT2D eigenvalue weighted by molar-refractivity contribution is 6.09. The molecule has 2 N–H and O–H groups in total. The van der Waals surface area contributed by atoms with E-state index in [1.165, 1.54) is 7.11 Å². The van der Waals surface area contributed by atoms with Crippen LogP contribution in [0.5, 0.6) is 5.75 Å². The van der Waals surface area contributed by atoms with Crippen LogP contribution in [0.1, 0.15) is 26.4 Å². The minimum absolute atomic E-state index is 0.0478. The van der Waals surface area contributed by atoms with Crippen molar-refractivity contribution in [1.29, 1.82) is 0 Å². The Bertz CT molecular complexity index is 1130. The first-order chi connectivity index (χ1) is 16.0. The van der Waals surface area contributed by atoms with Crippen LogP contribution < -0.4 is 15.0 Å². The number of hydrogen-bond donors (Lipinski definition) is 2. The van der Waals surface area contributed by atoms with Gasteiger partial charge in [0.25, 0.3) is 5.91 Å². The summed E-state index contributed by atoms with van der Waals surface area (Å²) in [4.78, 5) is 33.6. The second kappa shape index (κ2) is 10.1. The number of carboxylic acid groups (broad SMARTS) is 1. The van der Waals surface area contributed by atoms with Crippen LogP contribution in [0, 0.1) is 0 Å². The van der Waals surface area contributed by atoms with Crippen molar-refractivity contribution in [3.05, 3.63) is 83.7 Å². The number of pyridine rings is 1. The van der Waals surface area contributed by atoms with E-state index in [-0.39, 0.29) is 11.3 Å². The zero-order valence-electron chi connectivity index (χ0n) is 18.4. The number of carboxylic acids is 1. The fraction of sp³-hybridized carbons (Fsp3) is 0.240. The van der Waals surface area contributed by atoms with Crippen LogP contribution >= 0.6 is 0 Å². The maximum atomic E-state index is 12.7. The van der Waals surface area contributed by atoms with Gasteiger partial charge in [-0.1, -0.05) is 18.2 Å². The lowest BCUT2D eigenvalue weighted by atomic mass is 10.1. The Balaban J connectivity index is 1.45. The van der Waals surface area contributed by atoms with Gasteiger partial charge < -0.3 is 20.1 Å². The zero-order chi connectivity index (χ0) is 23.2. The van der Waals surface area contributed by atoms with Crippen LogP contribution in [0.25, 0.3) is 0 Å². The number of carbonyl (C=O) groups is 2. The average Bonchev–Trinajstić information content (AvgIpc) is 2.85. The number of benzene rings is 2. The molecule has 0 atom stereocenters. The van der Waals surface area contributed by atoms with Crippen LogP contribution in [0.4, 0.5) is 11.4 Å². The van der Waals surface area contributed by atoms with Gasteiger partial charge in [0.1, 0.15) is 5.75 Å². The number of nitrogens with one attached hydrogen (secondary N) is 1. The molecule has 0 radical (unpaired) electrons. The molecule has 8 heteroatoms. The molecule has 170 valence electrons. The molecule has 0 spiro atoms. The number of methoxy groups -OCH3 is 1. The third kappa shape index (κ3) is 5.30. The summed E-state index contributed by atoms with van der Waals surface area (Å²) in [5, 5.41) is 12.5. The summed E-state index contributed by atoms with van der Waals surface area (Å²) < 4.78 is 5.23. The summed E-state index contributed by atoms with van der Waals surface area (Å²) in [6.45, 7) is 4.05. The average molecular weight is 447 g/mol. The molecular weight excluding hydrogens is 420 g/mol. The van der Waals surface area contributed by atoms with Gasteiger partial charge in [-0.05, 0) is 42.5 Å². The highest BCUT2D eigenvalue weighted by Gasteiger charge is 2.21. The van der Waals surface area contributed by atoms with E-state index in [2.05, 4.69) is 20.1 Å². The van der Waals surface area contributed by atoms with E-state index in [1.54, 1.807) is 42.6 Å². The summed E-state index contributed by atoms with van der Waals surface area (Å²) in [7, 11) is 1.49. The minimum Gasteiger partial charge on any atom is -0.496 e. The Morgan fingerprint density at radius 3 is 2.45 bits per heavy atom. The molecule has 1 aliphatic rings. The maximum absolute atomic E-state index is 12.7. The van der Waals surface area contributed by atoms with E-state index in [1.807, 2.05) is 24.3 Å². The Morgan fingerprint density at radius 2 is 1.76 bits per heavy atom. The van der Waals surface area contributed by atoms with Crippen LogP contribution in [-0.4, -0.2) is 60.2 Å². The first-order valence-corrected chi connectivity index (χ1v) is 10.7. The number of hydrogen-bond acceptors (Lipinski definition) is 6. The van der Waals surface area contributed by atoms with E-state index in [0.717, 1.165) is 44.1 Å².